The quantitative estimate of drug-likeness (QED) is 0.622. The van der Waals surface area contributed by atoms with Crippen LogP contribution in [-0.4, -0.2) is 34.5 Å². The fourth-order valence-electron chi connectivity index (χ4n) is 2.28. The molecular weight excluding hydrogens is 300 g/mol. The lowest BCUT2D eigenvalue weighted by molar-refractivity contribution is -0.384. The molecule has 0 saturated carbocycles. The number of hydrogen-bond donors (Lipinski definition) is 1. The van der Waals surface area contributed by atoms with Crippen molar-refractivity contribution in [2.75, 3.05) is 19.0 Å². The van der Waals surface area contributed by atoms with Gasteiger partial charge in [0.15, 0.2) is 11.5 Å². The fraction of sp³-hybridized carbons (Fsp3) is 0.400. The van der Waals surface area contributed by atoms with Gasteiger partial charge in [-0.05, 0) is 26.0 Å². The maximum atomic E-state index is 11.1. The first-order chi connectivity index (χ1) is 10.9. The average molecular weight is 320 g/mol. The van der Waals surface area contributed by atoms with Crippen LogP contribution < -0.4 is 14.8 Å². The van der Waals surface area contributed by atoms with Gasteiger partial charge in [-0.2, -0.15) is 5.10 Å². The van der Waals surface area contributed by atoms with E-state index in [1.165, 1.54) is 4.68 Å². The second-order valence-corrected chi connectivity index (χ2v) is 5.12. The Hall–Kier alpha value is -2.77. The van der Waals surface area contributed by atoms with Crippen LogP contribution in [0.1, 0.15) is 12.6 Å². The Morgan fingerprint density at radius 3 is 2.65 bits per heavy atom. The molecule has 8 heteroatoms. The van der Waals surface area contributed by atoms with Crippen molar-refractivity contribution < 1.29 is 14.4 Å². The summed E-state index contributed by atoms with van der Waals surface area (Å²) in [5, 5.41) is 18.2. The molecule has 0 aliphatic carbocycles. The Morgan fingerprint density at radius 2 is 2.04 bits per heavy atom. The molecule has 124 valence electrons. The highest BCUT2D eigenvalue weighted by atomic mass is 16.6. The maximum absolute atomic E-state index is 11.1. The van der Waals surface area contributed by atoms with Crippen molar-refractivity contribution in [3.05, 3.63) is 40.1 Å². The molecule has 2 aromatic rings. The van der Waals surface area contributed by atoms with E-state index in [2.05, 4.69) is 10.4 Å². The van der Waals surface area contributed by atoms with Gasteiger partial charge >= 0.3 is 5.69 Å². The summed E-state index contributed by atoms with van der Waals surface area (Å²) in [5.74, 6) is 1.63. The van der Waals surface area contributed by atoms with Crippen molar-refractivity contribution in [3.63, 3.8) is 0 Å². The van der Waals surface area contributed by atoms with Gasteiger partial charge in [0.05, 0.1) is 18.6 Å². The normalized spacial score (nSPS) is 11.8. The number of anilines is 1. The Kier molecular flexibility index (Phi) is 5.05. The van der Waals surface area contributed by atoms with E-state index in [4.69, 9.17) is 9.47 Å². The third-order valence-corrected chi connectivity index (χ3v) is 3.33. The standard InChI is InChI=1S/C15H20N4O4/c1-10(23-13-8-6-5-7-12(13)22-4)9-16-15-14(19(20)21)11(2)17-18(15)3/h5-8,10,16H,9H2,1-4H3/t10-/m0/s1. The Labute approximate surface area is 134 Å². The molecule has 23 heavy (non-hydrogen) atoms. The lowest BCUT2D eigenvalue weighted by Crippen LogP contribution is -2.24. The van der Waals surface area contributed by atoms with Gasteiger partial charge in [-0.25, -0.2) is 4.68 Å². The Morgan fingerprint density at radius 1 is 1.39 bits per heavy atom. The van der Waals surface area contributed by atoms with Gasteiger partial charge < -0.3 is 14.8 Å². The van der Waals surface area contributed by atoms with Crippen LogP contribution in [0.15, 0.2) is 24.3 Å². The zero-order valence-electron chi connectivity index (χ0n) is 13.6. The highest BCUT2D eigenvalue weighted by Gasteiger charge is 2.24. The molecule has 1 atom stereocenters. The van der Waals surface area contributed by atoms with Crippen LogP contribution in [0.2, 0.25) is 0 Å². The van der Waals surface area contributed by atoms with Crippen LogP contribution in [0.25, 0.3) is 0 Å². The van der Waals surface area contributed by atoms with E-state index in [-0.39, 0.29) is 11.8 Å². The van der Waals surface area contributed by atoms with E-state index in [9.17, 15) is 10.1 Å². The number of aryl methyl sites for hydroxylation is 2. The monoisotopic (exact) mass is 320 g/mol. The Balaban J connectivity index is 2.05. The first-order valence-corrected chi connectivity index (χ1v) is 7.15. The lowest BCUT2D eigenvalue weighted by atomic mass is 10.3. The number of aromatic nitrogens is 2. The smallest absolute Gasteiger partial charge is 0.333 e. The summed E-state index contributed by atoms with van der Waals surface area (Å²) in [6.07, 6.45) is -0.221. The van der Waals surface area contributed by atoms with E-state index in [0.717, 1.165) is 0 Å². The first-order valence-electron chi connectivity index (χ1n) is 7.15. The maximum Gasteiger partial charge on any atom is 0.333 e. The summed E-state index contributed by atoms with van der Waals surface area (Å²) in [6, 6.07) is 7.33. The van der Waals surface area contributed by atoms with Gasteiger partial charge in [-0.15, -0.1) is 0 Å². The number of nitrogens with one attached hydrogen (secondary N) is 1. The molecule has 0 unspecified atom stereocenters. The molecule has 1 N–H and O–H groups in total. The van der Waals surface area contributed by atoms with E-state index in [1.54, 1.807) is 21.1 Å². The zero-order valence-corrected chi connectivity index (χ0v) is 13.6. The van der Waals surface area contributed by atoms with E-state index >= 15 is 0 Å². The molecule has 1 heterocycles. The second kappa shape index (κ2) is 6.99. The number of hydrogen-bond acceptors (Lipinski definition) is 6. The van der Waals surface area contributed by atoms with Gasteiger partial charge in [0.25, 0.3) is 0 Å². The minimum atomic E-state index is -0.434. The summed E-state index contributed by atoms with van der Waals surface area (Å²) in [7, 11) is 3.24. The van der Waals surface area contributed by atoms with E-state index < -0.39 is 4.92 Å². The first kappa shape index (κ1) is 16.6. The minimum Gasteiger partial charge on any atom is -0.493 e. The average Bonchev–Trinajstić information content (AvgIpc) is 2.79. The Bertz CT molecular complexity index is 699. The van der Waals surface area contributed by atoms with Crippen LogP contribution in [0.3, 0.4) is 0 Å². The van der Waals surface area contributed by atoms with Crippen molar-refractivity contribution in [2.24, 2.45) is 7.05 Å². The number of rotatable bonds is 7. The highest BCUT2D eigenvalue weighted by molar-refractivity contribution is 5.59. The summed E-state index contributed by atoms with van der Waals surface area (Å²) >= 11 is 0. The van der Waals surface area contributed by atoms with Gasteiger partial charge in [0.2, 0.25) is 5.82 Å². The highest BCUT2D eigenvalue weighted by Crippen LogP contribution is 2.29. The summed E-state index contributed by atoms with van der Waals surface area (Å²) in [5.41, 5.74) is 0.357. The van der Waals surface area contributed by atoms with Gasteiger partial charge in [0.1, 0.15) is 11.8 Å². The van der Waals surface area contributed by atoms with Crippen LogP contribution in [0, 0.1) is 17.0 Å². The number of para-hydroxylation sites is 2. The predicted molar refractivity (Wildman–Crippen MR) is 86.2 cm³/mol. The SMILES string of the molecule is COc1ccccc1O[C@@H](C)CNc1c([N+](=O)[O-])c(C)nn1C. The molecule has 1 aromatic carbocycles. The summed E-state index contributed by atoms with van der Waals surface area (Å²) in [6.45, 7) is 3.87. The summed E-state index contributed by atoms with van der Waals surface area (Å²) in [4.78, 5) is 10.7. The topological polar surface area (TPSA) is 91.4 Å². The number of ether oxygens (including phenoxy) is 2. The fourth-order valence-corrected chi connectivity index (χ4v) is 2.28. The second-order valence-electron chi connectivity index (χ2n) is 5.12. The molecule has 0 aliphatic heterocycles. The molecule has 0 fully saturated rings. The van der Waals surface area contributed by atoms with E-state index in [1.807, 2.05) is 31.2 Å². The van der Waals surface area contributed by atoms with Crippen molar-refractivity contribution in [1.29, 1.82) is 0 Å². The van der Waals surface area contributed by atoms with Crippen molar-refractivity contribution in [1.82, 2.24) is 9.78 Å². The van der Waals surface area contributed by atoms with Crippen LogP contribution in [-0.2, 0) is 7.05 Å². The van der Waals surface area contributed by atoms with Crippen molar-refractivity contribution >= 4 is 11.5 Å². The molecule has 0 aliphatic rings. The van der Waals surface area contributed by atoms with Crippen molar-refractivity contribution in [3.8, 4) is 11.5 Å². The number of nitrogens with zero attached hydrogens (tertiary/aromatic N) is 3. The molecule has 0 saturated heterocycles. The molecule has 1 aromatic heterocycles. The molecule has 0 radical (unpaired) electrons. The third kappa shape index (κ3) is 3.71. The molecule has 0 bridgehead atoms. The number of benzene rings is 1. The van der Waals surface area contributed by atoms with Gasteiger partial charge in [-0.1, -0.05) is 12.1 Å². The van der Waals surface area contributed by atoms with Crippen LogP contribution in [0.4, 0.5) is 11.5 Å². The van der Waals surface area contributed by atoms with E-state index in [0.29, 0.717) is 29.6 Å². The predicted octanol–water partition coefficient (Wildman–Crippen LogP) is 2.52. The zero-order chi connectivity index (χ0) is 17.0. The van der Waals surface area contributed by atoms with Crippen LogP contribution >= 0.6 is 0 Å². The molecule has 0 spiro atoms. The third-order valence-electron chi connectivity index (χ3n) is 3.33. The van der Waals surface area contributed by atoms with Gasteiger partial charge in [0, 0.05) is 7.05 Å². The minimum absolute atomic E-state index is 0.0167. The lowest BCUT2D eigenvalue weighted by Gasteiger charge is -2.17. The largest absolute Gasteiger partial charge is 0.493 e. The number of nitro groups is 1. The summed E-state index contributed by atoms with van der Waals surface area (Å²) < 4.78 is 12.5. The van der Waals surface area contributed by atoms with Crippen molar-refractivity contribution in [2.45, 2.75) is 20.0 Å². The van der Waals surface area contributed by atoms with Gasteiger partial charge in [-0.3, -0.25) is 10.1 Å². The molecule has 0 amide bonds. The van der Waals surface area contributed by atoms with Crippen LogP contribution in [0.5, 0.6) is 11.5 Å². The molecule has 2 rings (SSSR count). The molecular formula is C15H20N4O4. The number of methoxy groups -OCH3 is 1. The molecule has 8 nitrogen and oxygen atoms in total.